The highest BCUT2D eigenvalue weighted by Crippen LogP contribution is 2.19. The number of hydrogen-bond donors (Lipinski definition) is 1. The maximum Gasteiger partial charge on any atom is 0.244 e. The molecule has 1 aromatic carbocycles. The second-order valence-electron chi connectivity index (χ2n) is 7.54. The molecule has 0 aliphatic rings. The van der Waals surface area contributed by atoms with Gasteiger partial charge >= 0.3 is 0 Å². The van der Waals surface area contributed by atoms with Crippen LogP contribution >= 0.6 is 11.3 Å². The predicted molar refractivity (Wildman–Crippen MR) is 112 cm³/mol. The molecule has 0 unspecified atom stereocenters. The number of amides is 1. The molecule has 1 amide bonds. The Bertz CT molecular complexity index is 1000. The van der Waals surface area contributed by atoms with Crippen molar-refractivity contribution in [1.82, 2.24) is 20.4 Å². The Morgan fingerprint density at radius 2 is 2.14 bits per heavy atom. The second-order valence-corrected chi connectivity index (χ2v) is 8.60. The van der Waals surface area contributed by atoms with E-state index in [-0.39, 0.29) is 17.9 Å². The van der Waals surface area contributed by atoms with E-state index in [0.717, 1.165) is 22.0 Å². The minimum atomic E-state index is -0.239. The molecule has 0 bridgehead atoms. The van der Waals surface area contributed by atoms with Crippen molar-refractivity contribution in [2.45, 2.75) is 46.3 Å². The number of carbonyl (C=O) groups excluding carboxylic acids is 1. The molecule has 3 aromatic rings. The SMILES string of the molecule is Cc1nc(COc2cccc(/C=C/C(=O)NCc3noc(C(C)(C)C)n3)c2)cs1. The Hall–Kier alpha value is -3.00. The lowest BCUT2D eigenvalue weighted by atomic mass is 9.97. The van der Waals surface area contributed by atoms with Crippen molar-refractivity contribution in [3.8, 4) is 5.75 Å². The van der Waals surface area contributed by atoms with Crippen LogP contribution < -0.4 is 10.1 Å². The van der Waals surface area contributed by atoms with Crippen molar-refractivity contribution < 1.29 is 14.1 Å². The molecule has 0 fully saturated rings. The molecular weight excluding hydrogens is 388 g/mol. The molecule has 2 heterocycles. The van der Waals surface area contributed by atoms with Crippen LogP contribution in [-0.2, 0) is 23.4 Å². The molecule has 8 heteroatoms. The van der Waals surface area contributed by atoms with E-state index < -0.39 is 0 Å². The summed E-state index contributed by atoms with van der Waals surface area (Å²) in [6, 6.07) is 7.53. The first-order valence-electron chi connectivity index (χ1n) is 9.22. The first-order valence-corrected chi connectivity index (χ1v) is 10.1. The monoisotopic (exact) mass is 412 g/mol. The number of aryl methyl sites for hydroxylation is 1. The van der Waals surface area contributed by atoms with Crippen LogP contribution in [0.15, 0.2) is 40.2 Å². The van der Waals surface area contributed by atoms with Crippen LogP contribution in [0.5, 0.6) is 5.75 Å². The first kappa shape index (κ1) is 20.7. The van der Waals surface area contributed by atoms with E-state index in [2.05, 4.69) is 20.4 Å². The number of ether oxygens (including phenoxy) is 1. The first-order chi connectivity index (χ1) is 13.8. The van der Waals surface area contributed by atoms with Crippen molar-refractivity contribution >= 4 is 23.3 Å². The second kappa shape index (κ2) is 9.00. The summed E-state index contributed by atoms with van der Waals surface area (Å²) in [5.74, 6) is 1.47. The van der Waals surface area contributed by atoms with Gasteiger partial charge in [0.05, 0.1) is 17.2 Å². The van der Waals surface area contributed by atoms with Gasteiger partial charge in [0.1, 0.15) is 12.4 Å². The van der Waals surface area contributed by atoms with Crippen molar-refractivity contribution in [3.63, 3.8) is 0 Å². The van der Waals surface area contributed by atoms with E-state index in [4.69, 9.17) is 9.26 Å². The summed E-state index contributed by atoms with van der Waals surface area (Å²) in [5.41, 5.74) is 1.55. The van der Waals surface area contributed by atoms with Crippen LogP contribution in [0, 0.1) is 6.92 Å². The number of hydrogen-bond acceptors (Lipinski definition) is 7. The Balaban J connectivity index is 1.51. The zero-order chi connectivity index (χ0) is 20.9. The van der Waals surface area contributed by atoms with Crippen molar-refractivity contribution in [1.29, 1.82) is 0 Å². The summed E-state index contributed by atoms with van der Waals surface area (Å²) in [6.45, 7) is 8.55. The smallest absolute Gasteiger partial charge is 0.244 e. The largest absolute Gasteiger partial charge is 0.487 e. The molecule has 0 spiro atoms. The van der Waals surface area contributed by atoms with E-state index in [0.29, 0.717) is 18.3 Å². The quantitative estimate of drug-likeness (QED) is 0.589. The van der Waals surface area contributed by atoms with Gasteiger partial charge in [0.25, 0.3) is 0 Å². The van der Waals surface area contributed by atoms with Gasteiger partial charge in [0, 0.05) is 16.9 Å². The number of nitrogens with zero attached hydrogens (tertiary/aromatic N) is 3. The molecule has 3 rings (SSSR count). The van der Waals surface area contributed by atoms with Gasteiger partial charge in [-0.25, -0.2) is 4.98 Å². The Morgan fingerprint density at radius 3 is 2.83 bits per heavy atom. The maximum absolute atomic E-state index is 12.1. The summed E-state index contributed by atoms with van der Waals surface area (Å²) in [6.07, 6.45) is 3.19. The summed E-state index contributed by atoms with van der Waals surface area (Å²) < 4.78 is 11.0. The number of thiazole rings is 1. The van der Waals surface area contributed by atoms with Gasteiger partial charge in [-0.15, -0.1) is 11.3 Å². The van der Waals surface area contributed by atoms with Gasteiger partial charge in [-0.05, 0) is 30.7 Å². The molecule has 0 saturated heterocycles. The number of benzene rings is 1. The van der Waals surface area contributed by atoms with Gasteiger partial charge < -0.3 is 14.6 Å². The average molecular weight is 413 g/mol. The molecule has 0 saturated carbocycles. The molecule has 0 atom stereocenters. The van der Waals surface area contributed by atoms with Gasteiger partial charge in [0.15, 0.2) is 5.82 Å². The third-order valence-corrected chi connectivity index (χ3v) is 4.69. The fraction of sp³-hybridized carbons (Fsp3) is 0.333. The lowest BCUT2D eigenvalue weighted by Crippen LogP contribution is -2.21. The van der Waals surface area contributed by atoms with E-state index in [1.54, 1.807) is 17.4 Å². The molecule has 2 aromatic heterocycles. The van der Waals surface area contributed by atoms with Gasteiger partial charge in [-0.1, -0.05) is 38.1 Å². The van der Waals surface area contributed by atoms with Crippen LogP contribution in [0.2, 0.25) is 0 Å². The highest BCUT2D eigenvalue weighted by molar-refractivity contribution is 7.09. The maximum atomic E-state index is 12.1. The van der Waals surface area contributed by atoms with E-state index in [1.807, 2.05) is 57.3 Å². The third-order valence-electron chi connectivity index (χ3n) is 3.87. The molecule has 0 aliphatic carbocycles. The minimum absolute atomic E-state index is 0.207. The zero-order valence-corrected chi connectivity index (χ0v) is 17.7. The molecule has 1 N–H and O–H groups in total. The molecule has 0 aliphatic heterocycles. The van der Waals surface area contributed by atoms with Gasteiger partial charge in [-0.2, -0.15) is 4.98 Å². The van der Waals surface area contributed by atoms with Crippen molar-refractivity contribution in [2.75, 3.05) is 0 Å². The van der Waals surface area contributed by atoms with Crippen LogP contribution in [0.25, 0.3) is 6.08 Å². The zero-order valence-electron chi connectivity index (χ0n) is 16.9. The fourth-order valence-electron chi connectivity index (χ4n) is 2.37. The summed E-state index contributed by atoms with van der Waals surface area (Å²) in [7, 11) is 0. The van der Waals surface area contributed by atoms with E-state index >= 15 is 0 Å². The van der Waals surface area contributed by atoms with Crippen LogP contribution in [0.4, 0.5) is 0 Å². The van der Waals surface area contributed by atoms with Crippen molar-refractivity contribution in [2.24, 2.45) is 0 Å². The van der Waals surface area contributed by atoms with Crippen LogP contribution in [0.1, 0.15) is 48.8 Å². The van der Waals surface area contributed by atoms with Gasteiger partial charge in [0.2, 0.25) is 11.8 Å². The highest BCUT2D eigenvalue weighted by Gasteiger charge is 2.21. The lowest BCUT2D eigenvalue weighted by Gasteiger charge is -2.10. The molecule has 152 valence electrons. The molecular formula is C21H24N4O3S. The third kappa shape index (κ3) is 6.25. The van der Waals surface area contributed by atoms with E-state index in [9.17, 15) is 4.79 Å². The number of nitrogens with one attached hydrogen (secondary N) is 1. The molecule has 0 radical (unpaired) electrons. The van der Waals surface area contributed by atoms with Crippen LogP contribution in [0.3, 0.4) is 0 Å². The number of carbonyl (C=O) groups is 1. The number of rotatable bonds is 7. The fourth-order valence-corrected chi connectivity index (χ4v) is 2.96. The lowest BCUT2D eigenvalue weighted by molar-refractivity contribution is -0.116. The Kier molecular flexibility index (Phi) is 6.43. The topological polar surface area (TPSA) is 90.1 Å². The molecule has 7 nitrogen and oxygen atoms in total. The minimum Gasteiger partial charge on any atom is -0.487 e. The Labute approximate surface area is 173 Å². The van der Waals surface area contributed by atoms with Crippen molar-refractivity contribution in [3.05, 3.63) is 63.7 Å². The standard InChI is InChI=1S/C21H24N4O3S/c1-14-23-16(13-29-14)12-27-17-7-5-6-15(10-17)8-9-19(26)22-11-18-24-20(28-25-18)21(2,3)4/h5-10,13H,11-12H2,1-4H3,(H,22,26)/b9-8+. The highest BCUT2D eigenvalue weighted by atomic mass is 32.1. The van der Waals surface area contributed by atoms with Crippen LogP contribution in [-0.4, -0.2) is 21.0 Å². The average Bonchev–Trinajstić information content (AvgIpc) is 3.32. The molecule has 29 heavy (non-hydrogen) atoms. The summed E-state index contributed by atoms with van der Waals surface area (Å²) in [4.78, 5) is 20.7. The summed E-state index contributed by atoms with van der Waals surface area (Å²) >= 11 is 1.60. The van der Waals surface area contributed by atoms with E-state index in [1.165, 1.54) is 6.08 Å². The normalized spacial score (nSPS) is 11.7. The number of aromatic nitrogens is 3. The summed E-state index contributed by atoms with van der Waals surface area (Å²) in [5, 5.41) is 9.63. The predicted octanol–water partition coefficient (Wildman–Crippen LogP) is 4.04. The van der Waals surface area contributed by atoms with Gasteiger partial charge in [-0.3, -0.25) is 4.79 Å². The Morgan fingerprint density at radius 1 is 1.31 bits per heavy atom.